The maximum atomic E-state index is 11.6. The van der Waals surface area contributed by atoms with E-state index in [1.54, 1.807) is 0 Å². The van der Waals surface area contributed by atoms with Crippen LogP contribution in [-0.2, 0) is 20.2 Å². The van der Waals surface area contributed by atoms with Crippen molar-refractivity contribution in [3.05, 3.63) is 24.3 Å². The molecule has 0 aromatic heterocycles. The van der Waals surface area contributed by atoms with Gasteiger partial charge < -0.3 is 8.37 Å². The Morgan fingerprint density at radius 3 is 2.16 bits per heavy atom. The van der Waals surface area contributed by atoms with E-state index >= 15 is 0 Å². The van der Waals surface area contributed by atoms with Gasteiger partial charge in [0.1, 0.15) is 11.5 Å². The van der Waals surface area contributed by atoms with Crippen LogP contribution in [0.25, 0.3) is 0 Å². The molecule has 1 aromatic rings. The van der Waals surface area contributed by atoms with E-state index in [4.69, 9.17) is 4.18 Å². The van der Waals surface area contributed by atoms with Crippen molar-refractivity contribution >= 4 is 20.2 Å². The average molecular weight is 308 g/mol. The van der Waals surface area contributed by atoms with Gasteiger partial charge in [-0.3, -0.25) is 0 Å². The van der Waals surface area contributed by atoms with Gasteiger partial charge in [0.15, 0.2) is 0 Å². The molecular formula is C11H16O6S2. The molecular weight excluding hydrogens is 292 g/mol. The molecule has 1 aromatic carbocycles. The van der Waals surface area contributed by atoms with E-state index in [-0.39, 0.29) is 17.3 Å². The minimum atomic E-state index is -3.66. The maximum absolute atomic E-state index is 11.6. The summed E-state index contributed by atoms with van der Waals surface area (Å²) in [5.41, 5.74) is 0. The van der Waals surface area contributed by atoms with Crippen molar-refractivity contribution < 1.29 is 25.2 Å². The van der Waals surface area contributed by atoms with Gasteiger partial charge in [0.2, 0.25) is 0 Å². The van der Waals surface area contributed by atoms with Gasteiger partial charge >= 0.3 is 20.2 Å². The van der Waals surface area contributed by atoms with Crippen molar-refractivity contribution in [1.29, 1.82) is 0 Å². The maximum Gasteiger partial charge on any atom is 0.309 e. The summed E-state index contributed by atoms with van der Waals surface area (Å²) >= 11 is 0. The van der Waals surface area contributed by atoms with Crippen LogP contribution >= 0.6 is 0 Å². The van der Waals surface area contributed by atoms with E-state index in [0.29, 0.717) is 6.42 Å². The second-order valence-corrected chi connectivity index (χ2v) is 7.23. The van der Waals surface area contributed by atoms with E-state index in [9.17, 15) is 16.8 Å². The molecule has 0 radical (unpaired) electrons. The Morgan fingerprint density at radius 2 is 1.63 bits per heavy atom. The summed E-state index contributed by atoms with van der Waals surface area (Å²) < 4.78 is 54.6. The Bertz CT molecular complexity index is 618. The van der Waals surface area contributed by atoms with Crippen LogP contribution in [0.3, 0.4) is 0 Å². The molecule has 0 amide bonds. The van der Waals surface area contributed by atoms with Crippen molar-refractivity contribution in [2.75, 3.05) is 12.0 Å². The Morgan fingerprint density at radius 1 is 1.05 bits per heavy atom. The molecule has 6 nitrogen and oxygen atoms in total. The van der Waals surface area contributed by atoms with Crippen molar-refractivity contribution in [2.45, 2.75) is 19.8 Å². The minimum absolute atomic E-state index is 0.00527. The zero-order valence-electron chi connectivity index (χ0n) is 10.7. The van der Waals surface area contributed by atoms with E-state index < -0.39 is 20.2 Å². The van der Waals surface area contributed by atoms with Crippen LogP contribution in [0.2, 0.25) is 0 Å². The third kappa shape index (κ3) is 6.44. The van der Waals surface area contributed by atoms with Gasteiger partial charge in [-0.2, -0.15) is 16.8 Å². The lowest BCUT2D eigenvalue weighted by Crippen LogP contribution is -2.13. The SMILES string of the molecule is CCCCS(=O)(=O)Oc1cccc(OS(C)(=O)=O)c1. The number of benzene rings is 1. The zero-order chi connectivity index (χ0) is 14.5. The molecule has 0 saturated carbocycles. The van der Waals surface area contributed by atoms with E-state index in [1.807, 2.05) is 6.92 Å². The van der Waals surface area contributed by atoms with Crippen LogP contribution in [0, 0.1) is 0 Å². The molecule has 0 N–H and O–H groups in total. The number of unbranched alkanes of at least 4 members (excludes halogenated alkanes) is 1. The van der Waals surface area contributed by atoms with Crippen molar-refractivity contribution in [2.24, 2.45) is 0 Å². The predicted molar refractivity (Wildman–Crippen MR) is 71.2 cm³/mol. The first kappa shape index (κ1) is 15.8. The molecule has 8 heteroatoms. The standard InChI is InChI=1S/C11H16O6S2/c1-3-4-8-19(14,15)17-11-7-5-6-10(9-11)16-18(2,12)13/h5-7,9H,3-4,8H2,1-2H3. The number of hydrogen-bond donors (Lipinski definition) is 0. The smallest absolute Gasteiger partial charge is 0.309 e. The van der Waals surface area contributed by atoms with Crippen molar-refractivity contribution in [3.8, 4) is 11.5 Å². The summed E-state index contributed by atoms with van der Waals surface area (Å²) in [6.45, 7) is 1.87. The Hall–Kier alpha value is -1.28. The molecule has 108 valence electrons. The van der Waals surface area contributed by atoms with Gasteiger partial charge in [-0.05, 0) is 18.6 Å². The molecule has 0 fully saturated rings. The highest BCUT2D eigenvalue weighted by molar-refractivity contribution is 7.87. The fraction of sp³-hybridized carbons (Fsp3) is 0.455. The third-order valence-corrected chi connectivity index (χ3v) is 3.75. The summed E-state index contributed by atoms with van der Waals surface area (Å²) in [5.74, 6) is -0.0522. The van der Waals surface area contributed by atoms with Crippen LogP contribution in [0.5, 0.6) is 11.5 Å². The van der Waals surface area contributed by atoms with Crippen molar-refractivity contribution in [3.63, 3.8) is 0 Å². The van der Waals surface area contributed by atoms with Crippen LogP contribution < -0.4 is 8.37 Å². The average Bonchev–Trinajstić information content (AvgIpc) is 2.24. The summed E-state index contributed by atoms with van der Waals surface area (Å²) in [7, 11) is -7.32. The lowest BCUT2D eigenvalue weighted by molar-refractivity contribution is 0.477. The monoisotopic (exact) mass is 308 g/mol. The summed E-state index contributed by atoms with van der Waals surface area (Å²) in [6.07, 6.45) is 2.14. The highest BCUT2D eigenvalue weighted by atomic mass is 32.2. The highest BCUT2D eigenvalue weighted by Crippen LogP contribution is 2.22. The molecule has 0 heterocycles. The first-order chi connectivity index (χ1) is 8.72. The van der Waals surface area contributed by atoms with Gasteiger partial charge in [-0.25, -0.2) is 0 Å². The van der Waals surface area contributed by atoms with E-state index in [1.165, 1.54) is 24.3 Å². The highest BCUT2D eigenvalue weighted by Gasteiger charge is 2.13. The summed E-state index contributed by atoms with van der Waals surface area (Å²) in [5, 5.41) is 0. The molecule has 1 rings (SSSR count). The van der Waals surface area contributed by atoms with Crippen LogP contribution in [0.4, 0.5) is 0 Å². The lowest BCUT2D eigenvalue weighted by Gasteiger charge is -2.08. The van der Waals surface area contributed by atoms with E-state index in [2.05, 4.69) is 4.18 Å². The van der Waals surface area contributed by atoms with E-state index in [0.717, 1.165) is 12.7 Å². The molecule has 0 aliphatic heterocycles. The van der Waals surface area contributed by atoms with Crippen LogP contribution in [0.1, 0.15) is 19.8 Å². The fourth-order valence-electron chi connectivity index (χ4n) is 1.26. The second kappa shape index (κ2) is 6.25. The predicted octanol–water partition coefficient (Wildman–Crippen LogP) is 1.53. The molecule has 0 unspecified atom stereocenters. The topological polar surface area (TPSA) is 86.7 Å². The van der Waals surface area contributed by atoms with Crippen LogP contribution in [-0.4, -0.2) is 28.8 Å². The molecule has 0 saturated heterocycles. The molecule has 19 heavy (non-hydrogen) atoms. The molecule has 0 spiro atoms. The quantitative estimate of drug-likeness (QED) is 0.710. The summed E-state index contributed by atoms with van der Waals surface area (Å²) in [4.78, 5) is 0. The number of rotatable bonds is 7. The minimum Gasteiger partial charge on any atom is -0.382 e. The van der Waals surface area contributed by atoms with Gasteiger partial charge in [0.25, 0.3) is 0 Å². The van der Waals surface area contributed by atoms with Crippen molar-refractivity contribution in [1.82, 2.24) is 0 Å². The fourth-order valence-corrected chi connectivity index (χ4v) is 2.84. The molecule has 0 aliphatic rings. The van der Waals surface area contributed by atoms with Gasteiger partial charge in [-0.15, -0.1) is 0 Å². The second-order valence-electron chi connectivity index (χ2n) is 3.96. The van der Waals surface area contributed by atoms with Gasteiger partial charge in [-0.1, -0.05) is 19.4 Å². The Balaban J connectivity index is 2.83. The molecule has 0 aliphatic carbocycles. The normalized spacial score (nSPS) is 12.1. The lowest BCUT2D eigenvalue weighted by atomic mass is 10.3. The molecule has 0 atom stereocenters. The van der Waals surface area contributed by atoms with Gasteiger partial charge in [0.05, 0.1) is 12.0 Å². The largest absolute Gasteiger partial charge is 0.382 e. The summed E-state index contributed by atoms with van der Waals surface area (Å²) in [6, 6.07) is 5.47. The zero-order valence-corrected chi connectivity index (χ0v) is 12.3. The third-order valence-electron chi connectivity index (χ3n) is 2.02. The first-order valence-electron chi connectivity index (χ1n) is 5.63. The van der Waals surface area contributed by atoms with Gasteiger partial charge in [0, 0.05) is 6.07 Å². The number of hydrogen-bond acceptors (Lipinski definition) is 6. The van der Waals surface area contributed by atoms with Crippen LogP contribution in [0.15, 0.2) is 24.3 Å². The first-order valence-corrected chi connectivity index (χ1v) is 9.03. The Kier molecular flexibility index (Phi) is 5.19. The molecule has 0 bridgehead atoms. The Labute approximate surface area is 113 Å².